The number of hydrogen-bond acceptors (Lipinski definition) is 0. The molecule has 0 bridgehead atoms. The second-order valence-corrected chi connectivity index (χ2v) is 8.65. The zero-order valence-corrected chi connectivity index (χ0v) is 18.1. The molecule has 2 heteroatoms. The lowest BCUT2D eigenvalue weighted by Gasteiger charge is -2.29. The molecule has 1 unspecified atom stereocenters. The predicted molar refractivity (Wildman–Crippen MR) is 119 cm³/mol. The van der Waals surface area contributed by atoms with Crippen LogP contribution in [0.4, 0.5) is 0 Å². The molecule has 0 spiro atoms. The molecular formula is C26H35N2+. The SMILES string of the molecule is Cc1cccc(Cn2cccc2C[NH+](Cc2cccc(C)c2)[C@@H](C)C(C)C)c1. The number of nitrogens with one attached hydrogen (secondary N) is 1. The largest absolute Gasteiger partial charge is 0.342 e. The van der Waals surface area contributed by atoms with Crippen LogP contribution in [-0.2, 0) is 19.6 Å². The first-order valence-corrected chi connectivity index (χ1v) is 10.5. The van der Waals surface area contributed by atoms with E-state index in [4.69, 9.17) is 0 Å². The van der Waals surface area contributed by atoms with E-state index in [9.17, 15) is 0 Å². The Hall–Kier alpha value is -2.32. The molecule has 1 aromatic heterocycles. The summed E-state index contributed by atoms with van der Waals surface area (Å²) in [5, 5.41) is 0. The van der Waals surface area contributed by atoms with Crippen LogP contribution in [0.5, 0.6) is 0 Å². The van der Waals surface area contributed by atoms with Crippen LogP contribution in [0.25, 0.3) is 0 Å². The Morgan fingerprint density at radius 2 is 1.43 bits per heavy atom. The highest BCUT2D eigenvalue weighted by Crippen LogP contribution is 2.11. The van der Waals surface area contributed by atoms with Crippen LogP contribution in [0, 0.1) is 19.8 Å². The Kier molecular flexibility index (Phi) is 6.74. The van der Waals surface area contributed by atoms with E-state index in [0.29, 0.717) is 12.0 Å². The van der Waals surface area contributed by atoms with Gasteiger partial charge in [-0.3, -0.25) is 0 Å². The molecule has 0 aliphatic rings. The van der Waals surface area contributed by atoms with Gasteiger partial charge in [0, 0.05) is 24.2 Å². The third-order valence-electron chi connectivity index (χ3n) is 5.92. The molecule has 0 saturated heterocycles. The number of benzene rings is 2. The van der Waals surface area contributed by atoms with Gasteiger partial charge in [-0.2, -0.15) is 0 Å². The fourth-order valence-corrected chi connectivity index (χ4v) is 3.94. The standard InChI is InChI=1S/C26H34N2/c1-20(2)23(5)28(18-25-12-7-10-22(4)16-25)19-26-13-8-14-27(26)17-24-11-6-9-21(3)15-24/h6-16,20,23H,17-19H2,1-5H3/p+1/t23-/m0/s1. The van der Waals surface area contributed by atoms with Crippen LogP contribution in [-0.4, -0.2) is 10.6 Å². The first-order chi connectivity index (χ1) is 13.4. The second-order valence-electron chi connectivity index (χ2n) is 8.65. The first kappa shape index (κ1) is 20.4. The molecule has 1 N–H and O–H groups in total. The summed E-state index contributed by atoms with van der Waals surface area (Å²) in [4.78, 5) is 1.63. The minimum atomic E-state index is 0.600. The first-order valence-electron chi connectivity index (χ1n) is 10.5. The lowest BCUT2D eigenvalue weighted by molar-refractivity contribution is -0.954. The highest BCUT2D eigenvalue weighted by molar-refractivity contribution is 5.24. The fraction of sp³-hybridized carbons (Fsp3) is 0.385. The Labute approximate surface area is 170 Å². The molecule has 3 rings (SSSR count). The maximum Gasteiger partial charge on any atom is 0.118 e. The van der Waals surface area contributed by atoms with Gasteiger partial charge in [0.15, 0.2) is 0 Å². The molecular weight excluding hydrogens is 340 g/mol. The average molecular weight is 376 g/mol. The summed E-state index contributed by atoms with van der Waals surface area (Å²) in [7, 11) is 0. The molecule has 2 atom stereocenters. The van der Waals surface area contributed by atoms with Crippen molar-refractivity contribution < 1.29 is 4.90 Å². The van der Waals surface area contributed by atoms with Crippen LogP contribution in [0.1, 0.15) is 48.7 Å². The van der Waals surface area contributed by atoms with Gasteiger partial charge in [0.05, 0.1) is 11.7 Å². The molecule has 0 aliphatic heterocycles. The predicted octanol–water partition coefficient (Wildman–Crippen LogP) is 4.78. The highest BCUT2D eigenvalue weighted by Gasteiger charge is 2.23. The minimum Gasteiger partial charge on any atom is -0.342 e. The number of aromatic nitrogens is 1. The zero-order valence-electron chi connectivity index (χ0n) is 18.1. The Morgan fingerprint density at radius 1 is 0.786 bits per heavy atom. The molecule has 0 fully saturated rings. The normalized spacial score (nSPS) is 13.6. The van der Waals surface area contributed by atoms with Crippen molar-refractivity contribution in [3.63, 3.8) is 0 Å². The maximum absolute atomic E-state index is 2.41. The minimum absolute atomic E-state index is 0.600. The van der Waals surface area contributed by atoms with E-state index < -0.39 is 0 Å². The number of quaternary nitrogens is 1. The number of hydrogen-bond donors (Lipinski definition) is 1. The molecule has 0 aliphatic carbocycles. The van der Waals surface area contributed by atoms with Crippen LogP contribution < -0.4 is 4.90 Å². The van der Waals surface area contributed by atoms with Crippen molar-refractivity contribution in [3.05, 3.63) is 94.8 Å². The van der Waals surface area contributed by atoms with Gasteiger partial charge in [0.2, 0.25) is 0 Å². The van der Waals surface area contributed by atoms with Crippen molar-refractivity contribution in [2.24, 2.45) is 5.92 Å². The Balaban J connectivity index is 1.80. The van der Waals surface area contributed by atoms with Crippen molar-refractivity contribution in [2.45, 2.75) is 60.3 Å². The number of nitrogens with zero attached hydrogens (tertiary/aromatic N) is 1. The highest BCUT2D eigenvalue weighted by atomic mass is 15.2. The Bertz CT molecular complexity index is 891. The quantitative estimate of drug-likeness (QED) is 0.580. The monoisotopic (exact) mass is 375 g/mol. The van der Waals surface area contributed by atoms with Gasteiger partial charge in [-0.05, 0) is 38.5 Å². The molecule has 3 aromatic rings. The zero-order chi connectivity index (χ0) is 20.1. The molecule has 2 aromatic carbocycles. The summed E-state index contributed by atoms with van der Waals surface area (Å²) in [6.07, 6.45) is 2.22. The van der Waals surface area contributed by atoms with E-state index >= 15 is 0 Å². The van der Waals surface area contributed by atoms with Gasteiger partial charge in [0.25, 0.3) is 0 Å². The van der Waals surface area contributed by atoms with Crippen molar-refractivity contribution in [1.29, 1.82) is 0 Å². The summed E-state index contributed by atoms with van der Waals surface area (Å²) < 4.78 is 2.41. The summed E-state index contributed by atoms with van der Waals surface area (Å²) in [5.74, 6) is 0.653. The molecule has 28 heavy (non-hydrogen) atoms. The van der Waals surface area contributed by atoms with E-state index in [1.54, 1.807) is 4.90 Å². The third-order valence-corrected chi connectivity index (χ3v) is 5.92. The van der Waals surface area contributed by atoms with Crippen molar-refractivity contribution >= 4 is 0 Å². The van der Waals surface area contributed by atoms with E-state index in [1.165, 1.54) is 27.9 Å². The van der Waals surface area contributed by atoms with Crippen LogP contribution >= 0.6 is 0 Å². The van der Waals surface area contributed by atoms with Gasteiger partial charge < -0.3 is 9.47 Å². The average Bonchev–Trinajstić information content (AvgIpc) is 3.07. The van der Waals surface area contributed by atoms with Gasteiger partial charge in [-0.15, -0.1) is 0 Å². The van der Waals surface area contributed by atoms with Gasteiger partial charge in [-0.25, -0.2) is 0 Å². The van der Waals surface area contributed by atoms with Crippen molar-refractivity contribution in [2.75, 3.05) is 0 Å². The summed E-state index contributed by atoms with van der Waals surface area (Å²) in [6, 6.07) is 22.9. The van der Waals surface area contributed by atoms with Gasteiger partial charge in [-0.1, -0.05) is 73.5 Å². The van der Waals surface area contributed by atoms with Crippen molar-refractivity contribution in [1.82, 2.24) is 4.57 Å². The Morgan fingerprint density at radius 3 is 2.07 bits per heavy atom. The van der Waals surface area contributed by atoms with Crippen LogP contribution in [0.15, 0.2) is 66.9 Å². The lowest BCUT2D eigenvalue weighted by Crippen LogP contribution is -3.13. The van der Waals surface area contributed by atoms with E-state index in [1.807, 2.05) is 0 Å². The fourth-order valence-electron chi connectivity index (χ4n) is 3.94. The third kappa shape index (κ3) is 5.36. The molecule has 0 saturated carbocycles. The van der Waals surface area contributed by atoms with Crippen LogP contribution in [0.2, 0.25) is 0 Å². The van der Waals surface area contributed by atoms with Crippen LogP contribution in [0.3, 0.4) is 0 Å². The summed E-state index contributed by atoms with van der Waals surface area (Å²) >= 11 is 0. The van der Waals surface area contributed by atoms with Gasteiger partial charge >= 0.3 is 0 Å². The number of rotatable bonds is 8. The molecule has 0 radical (unpaired) electrons. The number of aryl methyl sites for hydroxylation is 2. The smallest absolute Gasteiger partial charge is 0.118 e. The summed E-state index contributed by atoms with van der Waals surface area (Å²) in [6.45, 7) is 14.5. The topological polar surface area (TPSA) is 9.37 Å². The molecule has 148 valence electrons. The van der Waals surface area contributed by atoms with E-state index in [-0.39, 0.29) is 0 Å². The molecule has 0 amide bonds. The van der Waals surface area contributed by atoms with Crippen molar-refractivity contribution in [3.8, 4) is 0 Å². The van der Waals surface area contributed by atoms with E-state index in [0.717, 1.165) is 19.6 Å². The molecule has 1 heterocycles. The van der Waals surface area contributed by atoms with E-state index in [2.05, 4.69) is 106 Å². The maximum atomic E-state index is 2.41. The second kappa shape index (κ2) is 9.25. The summed E-state index contributed by atoms with van der Waals surface area (Å²) in [5.41, 5.74) is 6.88. The van der Waals surface area contributed by atoms with Gasteiger partial charge in [0.1, 0.15) is 13.1 Å². The lowest BCUT2D eigenvalue weighted by atomic mass is 10.0. The molecule has 2 nitrogen and oxygen atoms in total.